The third kappa shape index (κ3) is 12.0. The number of para-hydroxylation sites is 5. The number of aromatic nitrogens is 10. The van der Waals surface area contributed by atoms with E-state index in [0.29, 0.717) is 35.2 Å². The lowest BCUT2D eigenvalue weighted by molar-refractivity contribution is -0.0399. The van der Waals surface area contributed by atoms with E-state index in [1.165, 1.54) is 169 Å². The molecule has 8 bridgehead atoms. The van der Waals surface area contributed by atoms with Crippen molar-refractivity contribution in [3.05, 3.63) is 435 Å². The fraction of sp³-hybridized carbons (Fsp3) is 0.147. The summed E-state index contributed by atoms with van der Waals surface area (Å²) in [5.41, 5.74) is 34.2. The van der Waals surface area contributed by atoms with Gasteiger partial charge in [0.05, 0.1) is 44.1 Å². The van der Waals surface area contributed by atoms with Crippen LogP contribution in [0.15, 0.2) is 417 Å². The van der Waals surface area contributed by atoms with E-state index in [9.17, 15) is 0 Å². The minimum Gasteiger partial charge on any atom is -0.456 e. The van der Waals surface area contributed by atoms with Crippen molar-refractivity contribution in [3.8, 4) is 113 Å². The van der Waals surface area contributed by atoms with E-state index in [2.05, 4.69) is 394 Å². The first kappa shape index (κ1) is 82.2. The number of hydrogen-bond acceptors (Lipinski definition) is 7. The number of fused-ring (bicyclic) bond motifs is 23. The summed E-state index contributed by atoms with van der Waals surface area (Å²) in [5, 5.41) is 16.5. The SMILES string of the molecule is c1ccc(-c2nc(-c3ccc4c(c3)oc3ccccc34)nc(-n3c4ccccc4c4cc(-c5ccc6c(c5)c5ccccc5n6-c5ccc6c(c5)C5(c7ccccc7-6)C6CC7CC(C6)CC5C7)ccc43)n2)cc1.c1ccc2c(c1)-c1ccc(-n3c4ccccc4c4cc(-c5ccc6c(c5)c5ccccc5n6-c5nc(-c6ccc7ccccc7c6)nc(-c6ccc7ccccc7c6)n5)ccc43)cc1C21C2CC3CC(C2)CC1C3. The van der Waals surface area contributed by atoms with E-state index < -0.39 is 0 Å². The zero-order valence-electron chi connectivity index (χ0n) is 80.8. The number of rotatable bonds is 10. The first-order chi connectivity index (χ1) is 72.7. The van der Waals surface area contributed by atoms with Gasteiger partial charge in [0.15, 0.2) is 23.3 Å². The molecule has 11 heteroatoms. The first-order valence-corrected chi connectivity index (χ1v) is 52.8. The molecule has 10 aliphatic carbocycles. The van der Waals surface area contributed by atoms with Gasteiger partial charge in [-0.15, -0.1) is 0 Å². The first-order valence-electron chi connectivity index (χ1n) is 52.8. The van der Waals surface area contributed by atoms with Crippen LogP contribution in [0.1, 0.15) is 86.5 Å². The molecule has 0 atom stereocenters. The lowest BCUT2D eigenvalue weighted by atomic mass is 9.43. The molecule has 8 saturated carbocycles. The van der Waals surface area contributed by atoms with E-state index in [0.717, 1.165) is 151 Å². The van der Waals surface area contributed by atoms with Gasteiger partial charge in [0.1, 0.15) is 11.2 Å². The van der Waals surface area contributed by atoms with Gasteiger partial charge in [-0.2, -0.15) is 19.9 Å². The summed E-state index contributed by atoms with van der Waals surface area (Å²) in [6.45, 7) is 0. The van der Waals surface area contributed by atoms with Crippen LogP contribution in [0.2, 0.25) is 0 Å². The molecule has 0 N–H and O–H groups in total. The molecule has 0 aliphatic heterocycles. The summed E-state index contributed by atoms with van der Waals surface area (Å²) in [6.07, 6.45) is 14.0. The van der Waals surface area contributed by atoms with Crippen molar-refractivity contribution >= 4 is 131 Å². The van der Waals surface area contributed by atoms with Gasteiger partial charge in [-0.25, -0.2) is 9.97 Å². The van der Waals surface area contributed by atoms with Gasteiger partial charge in [0.2, 0.25) is 11.9 Å². The Hall–Kier alpha value is -17.3. The Morgan fingerprint density at radius 2 is 0.503 bits per heavy atom. The smallest absolute Gasteiger partial charge is 0.238 e. The summed E-state index contributed by atoms with van der Waals surface area (Å²) in [7, 11) is 0. The average molecular weight is 1890 g/mol. The largest absolute Gasteiger partial charge is 0.456 e. The van der Waals surface area contributed by atoms with Crippen LogP contribution in [0.3, 0.4) is 0 Å². The van der Waals surface area contributed by atoms with E-state index >= 15 is 0 Å². The van der Waals surface area contributed by atoms with Crippen molar-refractivity contribution in [1.29, 1.82) is 0 Å². The van der Waals surface area contributed by atoms with Crippen molar-refractivity contribution in [3.63, 3.8) is 0 Å². The highest BCUT2D eigenvalue weighted by Crippen LogP contribution is 2.72. The zero-order chi connectivity index (χ0) is 95.7. The second kappa shape index (κ2) is 31.1. The topological polar surface area (TPSA) is 110 Å². The van der Waals surface area contributed by atoms with E-state index in [4.69, 9.17) is 34.3 Å². The fourth-order valence-electron chi connectivity index (χ4n) is 30.7. The average Bonchev–Trinajstić information content (AvgIpc) is 1.52. The van der Waals surface area contributed by atoms with Gasteiger partial charge >= 0.3 is 0 Å². The molecule has 26 aromatic rings. The molecule has 19 aromatic carbocycles. The minimum atomic E-state index is 0.115. The van der Waals surface area contributed by atoms with E-state index in [-0.39, 0.29) is 10.8 Å². The Labute approximate surface area is 847 Å². The van der Waals surface area contributed by atoms with E-state index in [1.54, 1.807) is 22.3 Å². The van der Waals surface area contributed by atoms with Crippen LogP contribution < -0.4 is 0 Å². The highest BCUT2D eigenvalue weighted by molar-refractivity contribution is 6.16. The Balaban J connectivity index is 0.000000128. The molecule has 0 amide bonds. The quantitative estimate of drug-likeness (QED) is 0.134. The lowest BCUT2D eigenvalue weighted by Gasteiger charge is -2.61. The van der Waals surface area contributed by atoms with Gasteiger partial charge in [-0.3, -0.25) is 9.13 Å². The van der Waals surface area contributed by atoms with Crippen molar-refractivity contribution in [2.75, 3.05) is 0 Å². The third-order valence-electron chi connectivity index (χ3n) is 36.3. The molecule has 7 aromatic heterocycles. The van der Waals surface area contributed by atoms with Crippen molar-refractivity contribution in [1.82, 2.24) is 48.2 Å². The summed E-state index contributed by atoms with van der Waals surface area (Å²) in [6, 6.07) is 152. The summed E-state index contributed by atoms with van der Waals surface area (Å²) < 4.78 is 15.9. The number of furan rings is 1. The molecule has 2 spiro atoms. The molecule has 696 valence electrons. The maximum atomic E-state index is 6.34. The zero-order valence-corrected chi connectivity index (χ0v) is 80.8. The molecular weight excluding hydrogens is 1790 g/mol. The van der Waals surface area contributed by atoms with Gasteiger partial charge in [0, 0.05) is 98.3 Å². The summed E-state index contributed by atoms with van der Waals surface area (Å²) in [4.78, 5) is 31.5. The second-order valence-corrected chi connectivity index (χ2v) is 43.6. The molecular formula is C136H96N10O. The maximum absolute atomic E-state index is 6.34. The second-order valence-electron chi connectivity index (χ2n) is 43.6. The molecule has 10 aliphatic rings. The van der Waals surface area contributed by atoms with Crippen molar-refractivity contribution < 1.29 is 4.42 Å². The van der Waals surface area contributed by atoms with Crippen LogP contribution in [0.5, 0.6) is 0 Å². The molecule has 36 rings (SSSR count). The van der Waals surface area contributed by atoms with Gasteiger partial charge < -0.3 is 13.6 Å². The lowest BCUT2D eigenvalue weighted by Crippen LogP contribution is -2.55. The number of hydrogen-bond donors (Lipinski definition) is 0. The predicted octanol–water partition coefficient (Wildman–Crippen LogP) is 33.8. The summed E-state index contributed by atoms with van der Waals surface area (Å²) >= 11 is 0. The van der Waals surface area contributed by atoms with Gasteiger partial charge in [-0.05, 0) is 327 Å². The normalized spacial score (nSPS) is 20.6. The maximum Gasteiger partial charge on any atom is 0.238 e. The van der Waals surface area contributed by atoms with Gasteiger partial charge in [-0.1, -0.05) is 285 Å². The highest BCUT2D eigenvalue weighted by atomic mass is 16.3. The third-order valence-corrected chi connectivity index (χ3v) is 36.3. The van der Waals surface area contributed by atoms with Gasteiger partial charge in [0.25, 0.3) is 0 Å². The Morgan fingerprint density at radius 1 is 0.190 bits per heavy atom. The molecule has 8 fully saturated rings. The fourth-order valence-corrected chi connectivity index (χ4v) is 30.7. The Bertz CT molecular complexity index is 10000. The van der Waals surface area contributed by atoms with Crippen LogP contribution in [0.4, 0.5) is 0 Å². The molecule has 11 nitrogen and oxygen atoms in total. The molecule has 0 radical (unpaired) electrons. The van der Waals surface area contributed by atoms with Crippen LogP contribution >= 0.6 is 0 Å². The summed E-state index contributed by atoms with van der Waals surface area (Å²) in [5.74, 6) is 10.1. The van der Waals surface area contributed by atoms with Crippen LogP contribution in [-0.2, 0) is 10.8 Å². The highest BCUT2D eigenvalue weighted by Gasteiger charge is 2.63. The molecule has 7 heterocycles. The molecule has 0 saturated heterocycles. The van der Waals surface area contributed by atoms with Crippen LogP contribution in [0, 0.1) is 47.3 Å². The Kier molecular flexibility index (Phi) is 17.4. The predicted molar refractivity (Wildman–Crippen MR) is 598 cm³/mol. The molecule has 0 unspecified atom stereocenters. The van der Waals surface area contributed by atoms with Crippen LogP contribution in [-0.4, -0.2) is 48.2 Å². The Morgan fingerprint density at radius 3 is 0.932 bits per heavy atom. The van der Waals surface area contributed by atoms with Crippen molar-refractivity contribution in [2.24, 2.45) is 47.3 Å². The number of nitrogens with zero attached hydrogens (tertiary/aromatic N) is 10. The number of benzene rings is 19. The van der Waals surface area contributed by atoms with E-state index in [1.807, 2.05) is 36.4 Å². The molecule has 147 heavy (non-hydrogen) atoms. The standard InChI is InChI=1S/C69H49N5.C67H47N5O/c1-3-13-45-36-49(23-21-43(45)11-1)66-70-67(50-24-22-44-12-2-4-14-46(44)37-50)72-68(71-66)74-63-20-10-7-17-57(63)59-39-48(26-30-65(59)74)47-25-29-64-58(38-47)56-16-6-9-19-62(56)73(64)53-27-28-55-54-15-5-8-18-60(54)69(61(55)40-53)51-32-41-31-42(34-51)35-52(69)33-41;1-2-12-41(13-3-1)64-68-65(44-22-26-53-52-17-7-11-21-62(52)73-63(53)37-44)70-66(69-64)72-59-20-10-6-16-51(59)55-36-43(24-29-61(55)72)42-23-28-60-54(35-42)50-15-5-9-19-58(50)71(60)47-25-27-49-48-14-4-8-18-56(48)67(57(49)38-47)45-31-39-30-40(33-45)34-46(67)32-39/h1-30,36-42,51-52H,31-35H2;1-29,35-40,45-46H,30-34H2. The minimum absolute atomic E-state index is 0.115. The van der Waals surface area contributed by atoms with Crippen molar-refractivity contribution in [2.45, 2.75) is 75.0 Å². The van der Waals surface area contributed by atoms with Crippen LogP contribution in [0.25, 0.3) is 244 Å². The monoisotopic (exact) mass is 1880 g/mol.